The number of benzene rings is 4. The summed E-state index contributed by atoms with van der Waals surface area (Å²) in [5, 5.41) is 6.56. The fraction of sp³-hybridized carbons (Fsp3) is 0.156. The van der Waals surface area contributed by atoms with Gasteiger partial charge >= 0.3 is 0 Å². The molecular formula is C32H31FN4O6S. The van der Waals surface area contributed by atoms with Gasteiger partial charge in [-0.3, -0.25) is 9.59 Å². The molecule has 2 N–H and O–H groups in total. The first-order valence-corrected chi connectivity index (χ1v) is 15.0. The van der Waals surface area contributed by atoms with Crippen molar-refractivity contribution in [1.29, 1.82) is 0 Å². The summed E-state index contributed by atoms with van der Waals surface area (Å²) in [5.41, 5.74) is 4.39. The zero-order valence-corrected chi connectivity index (χ0v) is 24.7. The number of nitrogens with zero attached hydrogens (tertiary/aromatic N) is 2. The monoisotopic (exact) mass is 618 g/mol. The van der Waals surface area contributed by atoms with Crippen LogP contribution in [0.15, 0.2) is 113 Å². The van der Waals surface area contributed by atoms with Gasteiger partial charge in [0.15, 0.2) is 6.61 Å². The number of hydrogen-bond donors (Lipinski definition) is 2. The van der Waals surface area contributed by atoms with Crippen LogP contribution in [-0.4, -0.2) is 57.6 Å². The van der Waals surface area contributed by atoms with E-state index in [0.29, 0.717) is 29.2 Å². The van der Waals surface area contributed by atoms with E-state index < -0.39 is 34.2 Å². The van der Waals surface area contributed by atoms with E-state index in [1.807, 2.05) is 30.3 Å². The first-order chi connectivity index (χ1) is 21.2. The first kappa shape index (κ1) is 31.9. The van der Waals surface area contributed by atoms with Crippen LogP contribution in [-0.2, 0) is 26.0 Å². The quantitative estimate of drug-likeness (QED) is 0.161. The highest BCUT2D eigenvalue weighted by molar-refractivity contribution is 7.89. The van der Waals surface area contributed by atoms with Gasteiger partial charge in [0.25, 0.3) is 11.8 Å². The zero-order chi connectivity index (χ0) is 31.4. The predicted octanol–water partition coefficient (Wildman–Crippen LogP) is 4.24. The molecule has 44 heavy (non-hydrogen) atoms. The van der Waals surface area contributed by atoms with Crippen molar-refractivity contribution in [2.75, 3.05) is 32.1 Å². The Kier molecular flexibility index (Phi) is 11.2. The average molecular weight is 619 g/mol. The van der Waals surface area contributed by atoms with Gasteiger partial charge < -0.3 is 14.8 Å². The van der Waals surface area contributed by atoms with Crippen molar-refractivity contribution >= 4 is 33.7 Å². The Bertz CT molecular complexity index is 1670. The van der Waals surface area contributed by atoms with Gasteiger partial charge in [0.1, 0.15) is 17.3 Å². The van der Waals surface area contributed by atoms with E-state index in [-0.39, 0.29) is 18.0 Å². The van der Waals surface area contributed by atoms with Gasteiger partial charge in [-0.25, -0.2) is 18.2 Å². The number of nitrogens with one attached hydrogen (secondary N) is 2. The molecule has 0 aliphatic carbocycles. The van der Waals surface area contributed by atoms with Crippen LogP contribution in [0.25, 0.3) is 0 Å². The number of methoxy groups -OCH3 is 1. The molecule has 2 amide bonds. The molecule has 0 atom stereocenters. The maximum atomic E-state index is 13.4. The SMILES string of the molecule is COc1ccc(S(=O)(=O)N(CCc2ccccc2)CC(=O)N/N=C/c2ccc(OCC(=O)Nc3ccc(F)cc3)cc2)cc1. The van der Waals surface area contributed by atoms with Gasteiger partial charge in [-0.2, -0.15) is 9.41 Å². The number of halogens is 1. The fourth-order valence-corrected chi connectivity index (χ4v) is 5.38. The number of sulfonamides is 1. The first-order valence-electron chi connectivity index (χ1n) is 13.5. The number of amides is 2. The molecule has 10 nitrogen and oxygen atoms in total. The largest absolute Gasteiger partial charge is 0.497 e. The second kappa shape index (κ2) is 15.4. The molecule has 0 fully saturated rings. The summed E-state index contributed by atoms with van der Waals surface area (Å²) in [5.74, 6) is -0.478. The van der Waals surface area contributed by atoms with Crippen molar-refractivity contribution in [2.45, 2.75) is 11.3 Å². The molecule has 0 unspecified atom stereocenters. The Morgan fingerprint density at radius 2 is 1.52 bits per heavy atom. The van der Waals surface area contributed by atoms with Crippen LogP contribution in [0.3, 0.4) is 0 Å². The van der Waals surface area contributed by atoms with Crippen molar-refractivity contribution in [3.05, 3.63) is 120 Å². The molecule has 0 bridgehead atoms. The third-order valence-corrected chi connectivity index (χ3v) is 8.15. The van der Waals surface area contributed by atoms with Crippen LogP contribution in [0, 0.1) is 5.82 Å². The van der Waals surface area contributed by atoms with Gasteiger partial charge in [0.05, 0.1) is 24.8 Å². The molecule has 4 rings (SSSR count). The minimum atomic E-state index is -4.00. The molecule has 0 saturated carbocycles. The lowest BCUT2D eigenvalue weighted by molar-refractivity contribution is -0.121. The van der Waals surface area contributed by atoms with Crippen LogP contribution >= 0.6 is 0 Å². The molecule has 0 aliphatic rings. The Morgan fingerprint density at radius 1 is 0.864 bits per heavy atom. The lowest BCUT2D eigenvalue weighted by atomic mass is 10.1. The predicted molar refractivity (Wildman–Crippen MR) is 165 cm³/mol. The van der Waals surface area contributed by atoms with Crippen molar-refractivity contribution in [3.63, 3.8) is 0 Å². The molecule has 0 saturated heterocycles. The van der Waals surface area contributed by atoms with Crippen molar-refractivity contribution < 1.29 is 31.9 Å². The Morgan fingerprint density at radius 3 is 2.18 bits per heavy atom. The lowest BCUT2D eigenvalue weighted by Crippen LogP contribution is -2.40. The Hall–Kier alpha value is -5.07. The average Bonchev–Trinajstić information content (AvgIpc) is 3.04. The minimum Gasteiger partial charge on any atom is -0.497 e. The molecule has 0 aliphatic heterocycles. The number of carbonyl (C=O) groups excluding carboxylic acids is 2. The van der Waals surface area contributed by atoms with Gasteiger partial charge in [0, 0.05) is 12.2 Å². The second-order valence-corrected chi connectivity index (χ2v) is 11.4. The molecule has 0 radical (unpaired) electrons. The molecule has 228 valence electrons. The zero-order valence-electron chi connectivity index (χ0n) is 23.9. The van der Waals surface area contributed by atoms with Crippen LogP contribution in [0.4, 0.5) is 10.1 Å². The molecular weight excluding hydrogens is 587 g/mol. The second-order valence-electron chi connectivity index (χ2n) is 9.46. The molecule has 0 spiro atoms. The Labute approximate surface area is 255 Å². The van der Waals surface area contributed by atoms with Crippen LogP contribution in [0.1, 0.15) is 11.1 Å². The molecule has 0 aromatic heterocycles. The number of hydrogen-bond acceptors (Lipinski definition) is 7. The van der Waals surface area contributed by atoms with E-state index in [1.165, 1.54) is 49.7 Å². The smallest absolute Gasteiger partial charge is 0.262 e. The minimum absolute atomic E-state index is 0.0397. The number of carbonyl (C=O) groups is 2. The summed E-state index contributed by atoms with van der Waals surface area (Å²) in [6, 6.07) is 27.3. The van der Waals surface area contributed by atoms with E-state index in [4.69, 9.17) is 9.47 Å². The van der Waals surface area contributed by atoms with Crippen molar-refractivity contribution in [1.82, 2.24) is 9.73 Å². The molecule has 4 aromatic carbocycles. The maximum Gasteiger partial charge on any atom is 0.262 e. The normalized spacial score (nSPS) is 11.3. The topological polar surface area (TPSA) is 126 Å². The Balaban J connectivity index is 1.32. The summed E-state index contributed by atoms with van der Waals surface area (Å²) in [7, 11) is -2.51. The van der Waals surface area contributed by atoms with E-state index in [9.17, 15) is 22.4 Å². The van der Waals surface area contributed by atoms with Gasteiger partial charge in [0.2, 0.25) is 10.0 Å². The summed E-state index contributed by atoms with van der Waals surface area (Å²) in [6.07, 6.45) is 1.81. The standard InChI is InChI=1S/C32H31FN4O6S/c1-42-28-15-17-30(18-16-28)44(40,41)37(20-19-24-5-3-2-4-6-24)22-31(38)36-34-21-25-7-13-29(14-8-25)43-23-32(39)35-27-11-9-26(33)10-12-27/h2-18,21H,19-20,22-23H2,1H3,(H,35,39)(H,36,38)/b34-21+. The number of hydrazone groups is 1. The highest BCUT2D eigenvalue weighted by atomic mass is 32.2. The lowest BCUT2D eigenvalue weighted by Gasteiger charge is -2.21. The number of anilines is 1. The summed E-state index contributed by atoms with van der Waals surface area (Å²) < 4.78 is 51.6. The van der Waals surface area contributed by atoms with Crippen molar-refractivity contribution in [2.24, 2.45) is 5.10 Å². The van der Waals surface area contributed by atoms with E-state index in [1.54, 1.807) is 36.4 Å². The van der Waals surface area contributed by atoms with Gasteiger partial charge in [-0.05, 0) is 90.3 Å². The third-order valence-electron chi connectivity index (χ3n) is 6.29. The molecule has 4 aromatic rings. The van der Waals surface area contributed by atoms with Crippen LogP contribution < -0.4 is 20.2 Å². The fourth-order valence-electron chi connectivity index (χ4n) is 3.98. The van der Waals surface area contributed by atoms with Crippen LogP contribution in [0.5, 0.6) is 11.5 Å². The number of rotatable bonds is 14. The molecule has 12 heteroatoms. The highest BCUT2D eigenvalue weighted by Crippen LogP contribution is 2.20. The molecule has 0 heterocycles. The van der Waals surface area contributed by atoms with Gasteiger partial charge in [-0.1, -0.05) is 30.3 Å². The van der Waals surface area contributed by atoms with Crippen molar-refractivity contribution in [3.8, 4) is 11.5 Å². The summed E-state index contributed by atoms with van der Waals surface area (Å²) in [6.45, 7) is -0.606. The van der Waals surface area contributed by atoms with Crippen LogP contribution in [0.2, 0.25) is 0 Å². The van der Waals surface area contributed by atoms with E-state index in [2.05, 4.69) is 15.8 Å². The van der Waals surface area contributed by atoms with E-state index in [0.717, 1.165) is 9.87 Å². The summed E-state index contributed by atoms with van der Waals surface area (Å²) >= 11 is 0. The highest BCUT2D eigenvalue weighted by Gasteiger charge is 2.26. The number of ether oxygens (including phenoxy) is 2. The maximum absolute atomic E-state index is 13.4. The van der Waals surface area contributed by atoms with E-state index >= 15 is 0 Å². The summed E-state index contributed by atoms with van der Waals surface area (Å²) in [4.78, 5) is 24.9. The van der Waals surface area contributed by atoms with Gasteiger partial charge in [-0.15, -0.1) is 0 Å². The third kappa shape index (κ3) is 9.48.